The minimum Gasteiger partial charge on any atom is -0.268 e. The largest absolute Gasteiger partial charge is 0.296 e. The molecule has 0 saturated heterocycles. The summed E-state index contributed by atoms with van der Waals surface area (Å²) in [5.74, 6) is 0. The van der Waals surface area contributed by atoms with Crippen molar-refractivity contribution in [1.29, 1.82) is 0 Å². The van der Waals surface area contributed by atoms with E-state index < -0.39 is 16.1 Å². The van der Waals surface area contributed by atoms with E-state index in [0.717, 1.165) is 0 Å². The first-order valence-corrected chi connectivity index (χ1v) is 8.81. The van der Waals surface area contributed by atoms with Gasteiger partial charge in [0.15, 0.2) is 0 Å². The smallest absolute Gasteiger partial charge is 0.268 e. The molecule has 0 saturated carbocycles. The molecule has 4 nitrogen and oxygen atoms in total. The Balaban J connectivity index is 0.000000356. The van der Waals surface area contributed by atoms with Crippen molar-refractivity contribution in [1.82, 2.24) is 3.96 Å². The van der Waals surface area contributed by atoms with E-state index in [2.05, 4.69) is 0 Å². The van der Waals surface area contributed by atoms with Gasteiger partial charge in [-0.25, -0.2) is 8.42 Å². The molecule has 0 unspecified atom stereocenters. The van der Waals surface area contributed by atoms with E-state index in [9.17, 15) is 13.2 Å². The number of hydrogen-bond acceptors (Lipinski definition) is 4. The Hall–Kier alpha value is 1.41. The van der Waals surface area contributed by atoms with Gasteiger partial charge < -0.3 is 0 Å². The second-order valence-corrected chi connectivity index (χ2v) is 12.7. The zero-order valence-corrected chi connectivity index (χ0v) is 15.6. The first-order valence-electron chi connectivity index (χ1n) is 3.90. The topological polar surface area (TPSA) is 56.1 Å². The van der Waals surface area contributed by atoms with Gasteiger partial charge in [0.1, 0.15) is 4.34 Å². The highest BCUT2D eigenvalue weighted by atomic mass is 35.6. The number of aryl methyl sites for hydroxylation is 1. The van der Waals surface area contributed by atoms with Crippen LogP contribution >= 0.6 is 92.7 Å². The Morgan fingerprint density at radius 2 is 1.47 bits per heavy atom. The molecule has 0 spiro atoms. The molecule has 1 aromatic rings. The van der Waals surface area contributed by atoms with Crippen LogP contribution in [0.5, 0.6) is 0 Å². The van der Waals surface area contributed by atoms with Gasteiger partial charge in [-0.05, 0) is 11.5 Å². The zero-order valence-electron chi connectivity index (χ0n) is 8.71. The van der Waals surface area contributed by atoms with Crippen LogP contribution in [0, 0.1) is 0 Å². The van der Waals surface area contributed by atoms with Gasteiger partial charge in [-0.15, -0.1) is 0 Å². The summed E-state index contributed by atoms with van der Waals surface area (Å²) in [6.45, 7) is 0. The number of rotatable bonds is 0. The molecule has 0 aliphatic carbocycles. The molecular formula is C6H4Cl7NO3S2. The minimum absolute atomic E-state index is 0.0417. The number of hydrogen-bond donors (Lipinski definition) is 0. The summed E-state index contributed by atoms with van der Waals surface area (Å²) in [7, 11) is -2.74. The average Bonchev–Trinajstić information content (AvgIpc) is 2.41. The predicted octanol–water partition coefficient (Wildman–Crippen LogP) is 4.16. The Bertz CT molecular complexity index is 559. The van der Waals surface area contributed by atoms with Crippen molar-refractivity contribution in [2.24, 2.45) is 7.05 Å². The summed E-state index contributed by atoms with van der Waals surface area (Å²) in [5, 5.41) is 0. The molecule has 0 aromatic carbocycles. The molecule has 19 heavy (non-hydrogen) atoms. The average molecular weight is 450 g/mol. The molecule has 0 aliphatic rings. The fraction of sp³-hybridized carbons (Fsp3) is 0.500. The van der Waals surface area contributed by atoms with Gasteiger partial charge >= 0.3 is 0 Å². The van der Waals surface area contributed by atoms with Crippen molar-refractivity contribution < 1.29 is 8.42 Å². The van der Waals surface area contributed by atoms with Gasteiger partial charge in [0.25, 0.3) is 11.8 Å². The van der Waals surface area contributed by atoms with Gasteiger partial charge in [-0.2, -0.15) is 0 Å². The van der Waals surface area contributed by atoms with Crippen LogP contribution in [0.2, 0.25) is 4.34 Å². The number of nitrogens with zero attached hydrogens (tertiary/aromatic N) is 1. The van der Waals surface area contributed by atoms with Crippen LogP contribution < -0.4 is 5.56 Å². The highest BCUT2D eigenvalue weighted by Gasteiger charge is 2.52. The van der Waals surface area contributed by atoms with Gasteiger partial charge in [0.2, 0.25) is 9.84 Å². The lowest BCUT2D eigenvalue weighted by atomic mass is 10.7. The third kappa shape index (κ3) is 5.96. The first-order chi connectivity index (χ1) is 8.20. The lowest BCUT2D eigenvalue weighted by Gasteiger charge is -2.17. The molecule has 0 atom stereocenters. The zero-order chi connectivity index (χ0) is 15.6. The van der Waals surface area contributed by atoms with Crippen molar-refractivity contribution in [3.63, 3.8) is 0 Å². The van der Waals surface area contributed by atoms with Crippen LogP contribution in [0.15, 0.2) is 10.9 Å². The Morgan fingerprint density at radius 3 is 1.53 bits per heavy atom. The van der Waals surface area contributed by atoms with Gasteiger partial charge in [0.05, 0.1) is 0 Å². The van der Waals surface area contributed by atoms with E-state index in [-0.39, 0.29) is 5.56 Å². The van der Waals surface area contributed by atoms with Crippen LogP contribution in [0.1, 0.15) is 0 Å². The summed E-state index contributed by atoms with van der Waals surface area (Å²) < 4.78 is 18.5. The van der Waals surface area contributed by atoms with Crippen molar-refractivity contribution in [3.8, 4) is 0 Å². The first kappa shape index (κ1) is 20.4. The van der Waals surface area contributed by atoms with E-state index in [0.29, 0.717) is 4.34 Å². The van der Waals surface area contributed by atoms with Crippen LogP contribution in [-0.2, 0) is 16.9 Å². The molecule has 0 radical (unpaired) electrons. The maximum absolute atomic E-state index is 10.9. The van der Waals surface area contributed by atoms with Crippen LogP contribution in [0.3, 0.4) is 0 Å². The van der Waals surface area contributed by atoms with E-state index >= 15 is 0 Å². The van der Waals surface area contributed by atoms with E-state index in [1.165, 1.54) is 21.6 Å². The maximum Gasteiger partial charge on any atom is 0.296 e. The molecule has 1 heterocycles. The van der Waals surface area contributed by atoms with Crippen molar-refractivity contribution in [3.05, 3.63) is 20.8 Å². The standard InChI is InChI=1S/C4H4ClNOS.C2Cl6O2S/c1-6-4(7)2-3(5)8-6;3-1(4,5)11(9,10)2(6,7)8/h2H,1H3;. The molecule has 0 N–H and O–H groups in total. The molecule has 13 heteroatoms. The second kappa shape index (κ2) is 7.11. The second-order valence-electron chi connectivity index (χ2n) is 2.77. The summed E-state index contributed by atoms with van der Waals surface area (Å²) in [6, 6.07) is 1.40. The highest BCUT2D eigenvalue weighted by Crippen LogP contribution is 2.46. The van der Waals surface area contributed by atoms with Gasteiger partial charge in [-0.3, -0.25) is 8.75 Å². The third-order valence-corrected chi connectivity index (χ3v) is 7.32. The summed E-state index contributed by atoms with van der Waals surface area (Å²) in [4.78, 5) is 10.5. The normalized spacial score (nSPS) is 12.8. The Morgan fingerprint density at radius 1 is 1.11 bits per heavy atom. The Labute approximate surface area is 148 Å². The molecule has 0 bridgehead atoms. The molecule has 0 aliphatic heterocycles. The SMILES string of the molecule is Cn1sc(Cl)cc1=O.O=S(=O)(C(Cl)(Cl)Cl)C(Cl)(Cl)Cl. The molecule has 0 amide bonds. The molecule has 1 rings (SSSR count). The number of alkyl halides is 6. The van der Waals surface area contributed by atoms with Gasteiger partial charge in [0, 0.05) is 13.1 Å². The third-order valence-electron chi connectivity index (χ3n) is 1.38. The van der Waals surface area contributed by atoms with E-state index in [4.69, 9.17) is 81.2 Å². The predicted molar refractivity (Wildman–Crippen MR) is 84.1 cm³/mol. The summed E-state index contributed by atoms with van der Waals surface area (Å²) in [5.41, 5.74) is -0.0417. The number of halogens is 7. The molecule has 1 aromatic heterocycles. The van der Waals surface area contributed by atoms with Gasteiger partial charge in [-0.1, -0.05) is 81.2 Å². The van der Waals surface area contributed by atoms with Crippen LogP contribution in [-0.4, -0.2) is 18.6 Å². The monoisotopic (exact) mass is 447 g/mol. The van der Waals surface area contributed by atoms with Crippen molar-refractivity contribution in [2.45, 2.75) is 6.25 Å². The maximum atomic E-state index is 10.9. The summed E-state index contributed by atoms with van der Waals surface area (Å²) in [6.07, 6.45) is 0. The lowest BCUT2D eigenvalue weighted by Crippen LogP contribution is -2.31. The molecule has 112 valence electrons. The fourth-order valence-electron chi connectivity index (χ4n) is 0.521. The minimum atomic E-state index is -4.42. The van der Waals surface area contributed by atoms with Crippen molar-refractivity contribution >= 4 is 103 Å². The molecule has 0 fully saturated rings. The van der Waals surface area contributed by atoms with Crippen LogP contribution in [0.25, 0.3) is 0 Å². The van der Waals surface area contributed by atoms with Crippen molar-refractivity contribution in [2.75, 3.05) is 0 Å². The lowest BCUT2D eigenvalue weighted by molar-refractivity contribution is 0.597. The molecular weight excluding hydrogens is 446 g/mol. The van der Waals surface area contributed by atoms with E-state index in [1.54, 1.807) is 7.05 Å². The Kier molecular flexibility index (Phi) is 7.64. The number of sulfone groups is 1. The van der Waals surface area contributed by atoms with Crippen LogP contribution in [0.4, 0.5) is 0 Å². The quantitative estimate of drug-likeness (QED) is 0.558. The fourth-order valence-corrected chi connectivity index (χ4v) is 4.89. The van der Waals surface area contributed by atoms with E-state index in [1.807, 2.05) is 0 Å². The highest BCUT2D eigenvalue weighted by molar-refractivity contribution is 8.02. The number of aromatic nitrogens is 1. The summed E-state index contributed by atoms with van der Waals surface area (Å²) >= 11 is 36.7.